The van der Waals surface area contributed by atoms with E-state index >= 15 is 0 Å². The summed E-state index contributed by atoms with van der Waals surface area (Å²) in [6, 6.07) is 11.4. The van der Waals surface area contributed by atoms with Gasteiger partial charge in [0.25, 0.3) is 5.91 Å². The van der Waals surface area contributed by atoms with Crippen molar-refractivity contribution in [3.8, 4) is 0 Å². The zero-order valence-electron chi connectivity index (χ0n) is 28.8. The van der Waals surface area contributed by atoms with E-state index in [-0.39, 0.29) is 11.5 Å². The van der Waals surface area contributed by atoms with Crippen molar-refractivity contribution < 1.29 is 20.5 Å². The van der Waals surface area contributed by atoms with E-state index < -0.39 is 13.1 Å². The van der Waals surface area contributed by atoms with Gasteiger partial charge >= 0.3 is 5.97 Å². The van der Waals surface area contributed by atoms with Gasteiger partial charge in [-0.05, 0) is 37.1 Å². The monoisotopic (exact) mass is 791 g/mol. The van der Waals surface area contributed by atoms with E-state index in [0.29, 0.717) is 53.6 Å². The quantitative estimate of drug-likeness (QED) is 0.0841. The number of benzene rings is 2. The van der Waals surface area contributed by atoms with Crippen LogP contribution < -0.4 is 22.5 Å². The number of amides is 1. The molecule has 18 heteroatoms. The number of pyridine rings is 2. The number of anilines is 4. The van der Waals surface area contributed by atoms with Crippen molar-refractivity contribution in [2.24, 2.45) is 0 Å². The first-order valence-corrected chi connectivity index (χ1v) is 17.6. The van der Waals surface area contributed by atoms with E-state index in [0.717, 1.165) is 38.4 Å². The lowest BCUT2D eigenvalue weighted by molar-refractivity contribution is 0.0699. The normalized spacial score (nSPS) is 10.8. The third-order valence-electron chi connectivity index (χ3n) is 7.74. The van der Waals surface area contributed by atoms with Crippen LogP contribution in [0.25, 0.3) is 42.0 Å². The molecule has 8 N–H and O–H groups in total. The molecule has 0 spiro atoms. The van der Waals surface area contributed by atoms with Crippen LogP contribution >= 0.6 is 45.9 Å². The maximum Gasteiger partial charge on any atom is 0.338 e. The summed E-state index contributed by atoms with van der Waals surface area (Å²) in [7, 11) is -1.00. The number of fused-ring (bicyclic) bond motifs is 4. The number of nitrogens with two attached hydrogens (primary N) is 3. The average Bonchev–Trinajstić information content (AvgIpc) is 3.79. The van der Waals surface area contributed by atoms with Crippen LogP contribution in [0.2, 0.25) is 10.3 Å². The van der Waals surface area contributed by atoms with E-state index in [1.807, 2.05) is 50.2 Å². The van der Waals surface area contributed by atoms with Crippen molar-refractivity contribution >= 4 is 123 Å². The summed E-state index contributed by atoms with van der Waals surface area (Å²) in [6.07, 6.45) is 5.90. The summed E-state index contributed by atoms with van der Waals surface area (Å²) in [4.78, 5) is 47.4. The zero-order chi connectivity index (χ0) is 39.1. The molecule has 13 nitrogen and oxygen atoms in total. The first kappa shape index (κ1) is 37.0. The van der Waals surface area contributed by atoms with Crippen molar-refractivity contribution in [2.45, 2.75) is 13.8 Å². The minimum absolute atomic E-state index is 0.175. The summed E-state index contributed by atoms with van der Waals surface area (Å²) in [5.74, 6) is -0.562. The molecule has 0 unspecified atom stereocenters. The fraction of sp³-hybridized carbons (Fsp3) is 0.0857. The maximum atomic E-state index is 12.8. The number of hydrogen-bond acceptors (Lipinski definition) is 13. The Kier molecular flexibility index (Phi) is 11.6. The highest BCUT2D eigenvalue weighted by atomic mass is 35.5. The van der Waals surface area contributed by atoms with Crippen LogP contribution in [0.15, 0.2) is 72.2 Å². The molecule has 8 rings (SSSR count). The summed E-state index contributed by atoms with van der Waals surface area (Å²) >= 11 is 14.7. The zero-order valence-corrected chi connectivity index (χ0v) is 30.9. The lowest BCUT2D eigenvalue weighted by Gasteiger charge is -2.12. The van der Waals surface area contributed by atoms with Crippen molar-refractivity contribution in [3.05, 3.63) is 105 Å². The number of carbonyl (C=O) groups is 2. The second-order valence-electron chi connectivity index (χ2n) is 10.9. The number of rotatable bonds is 3. The highest BCUT2D eigenvalue weighted by Crippen LogP contribution is 2.33. The van der Waals surface area contributed by atoms with Gasteiger partial charge in [-0.3, -0.25) is 9.18 Å². The summed E-state index contributed by atoms with van der Waals surface area (Å²) in [6.45, 7) is 3.90. The Balaban J connectivity index is 0.000000163. The third-order valence-corrected chi connectivity index (χ3v) is 10.3. The van der Waals surface area contributed by atoms with Crippen LogP contribution in [0.5, 0.6) is 0 Å². The standard InChI is InChI=1S/C17H12ClN5OS.C10H9ClN2.C7H5N3O2S.CH3F/c1-8-2-3-10-9(4-5-20-15(10)18)12(8)23-17(24)11-6-25-14-13(11)21-7-22-16(14)19;1-6-2-3-8-7(9(6)12)4-5-13-10(8)11;8-6-5-4(9-2-10-6)3(1-13-5)7(11)12;1-2/h2-7H,1H3,(H,23,24)(H2,19,21,22);2-5H,12H2,1H3;1-2H,(H,11,12)(H2,8,9,10);1H3/i;;;1D. The fourth-order valence-electron chi connectivity index (χ4n) is 5.08. The molecule has 0 fully saturated rings. The van der Waals surface area contributed by atoms with E-state index in [1.165, 1.54) is 40.7 Å². The molecule has 0 atom stereocenters. The van der Waals surface area contributed by atoms with Crippen LogP contribution in [0, 0.1) is 13.8 Å². The number of carboxylic acids is 1. The molecule has 1 amide bonds. The van der Waals surface area contributed by atoms with Gasteiger partial charge in [-0.1, -0.05) is 47.5 Å². The van der Waals surface area contributed by atoms with Gasteiger partial charge < -0.3 is 27.6 Å². The Morgan fingerprint density at radius 2 is 1.23 bits per heavy atom. The number of thiophene rings is 2. The first-order chi connectivity index (χ1) is 25.9. The molecule has 0 aliphatic rings. The van der Waals surface area contributed by atoms with Crippen molar-refractivity contribution in [1.82, 2.24) is 29.9 Å². The molecule has 6 heterocycles. The molecule has 6 aromatic heterocycles. The topological polar surface area (TPSA) is 222 Å². The largest absolute Gasteiger partial charge is 0.478 e. The van der Waals surface area contributed by atoms with Gasteiger partial charge in [0.15, 0.2) is 0 Å². The first-order valence-electron chi connectivity index (χ1n) is 15.8. The third kappa shape index (κ3) is 8.00. The van der Waals surface area contributed by atoms with Crippen molar-refractivity contribution in [3.63, 3.8) is 0 Å². The number of aryl methyl sites for hydroxylation is 2. The van der Waals surface area contributed by atoms with Crippen LogP contribution in [-0.4, -0.2) is 54.0 Å². The van der Waals surface area contributed by atoms with E-state index in [2.05, 4.69) is 35.2 Å². The maximum absolute atomic E-state index is 12.8. The van der Waals surface area contributed by atoms with Crippen LogP contribution in [0.4, 0.5) is 27.4 Å². The number of nitrogens with zero attached hydrogens (tertiary/aromatic N) is 6. The van der Waals surface area contributed by atoms with Crippen LogP contribution in [0.3, 0.4) is 0 Å². The highest BCUT2D eigenvalue weighted by Gasteiger charge is 2.18. The number of nitrogens with one attached hydrogen (secondary N) is 1. The number of carboxylic acid groups (broad SMARTS) is 1. The predicted octanol–water partition coefficient (Wildman–Crippen LogP) is 8.37. The minimum Gasteiger partial charge on any atom is -0.478 e. The Labute approximate surface area is 320 Å². The number of hydrogen-bond donors (Lipinski definition) is 5. The Bertz CT molecular complexity index is 2660. The second-order valence-corrected chi connectivity index (χ2v) is 13.4. The lowest BCUT2D eigenvalue weighted by atomic mass is 10.1. The van der Waals surface area contributed by atoms with E-state index in [1.54, 1.807) is 17.8 Å². The Hall–Kier alpha value is -5.81. The van der Waals surface area contributed by atoms with Gasteiger partial charge in [-0.15, -0.1) is 22.7 Å². The molecule has 2 aromatic carbocycles. The molecule has 53 heavy (non-hydrogen) atoms. The molecule has 0 radical (unpaired) electrons. The molecule has 0 bridgehead atoms. The van der Waals surface area contributed by atoms with Crippen molar-refractivity contribution in [1.29, 1.82) is 0 Å². The van der Waals surface area contributed by atoms with Crippen molar-refractivity contribution in [2.75, 3.05) is 29.7 Å². The number of halogens is 3. The van der Waals surface area contributed by atoms with Gasteiger partial charge in [0, 0.05) is 50.4 Å². The molecule has 0 aliphatic heterocycles. The summed E-state index contributed by atoms with van der Waals surface area (Å²) < 4.78 is 16.8. The fourth-order valence-corrected chi connectivity index (χ4v) is 7.32. The number of nitrogen functional groups attached to an aromatic ring is 3. The SMILES string of the molecule is Cc1ccc2c(Cl)nccc2c1N.Cc1ccc2c(Cl)nccc2c1NC(=O)c1csc2c(N)ncnc12.Nc1ncnc2c(C(=O)O)csc12.[2H]CF. The van der Waals surface area contributed by atoms with E-state index in [4.69, 9.17) is 46.9 Å². The predicted molar refractivity (Wildman–Crippen MR) is 213 cm³/mol. The highest BCUT2D eigenvalue weighted by molar-refractivity contribution is 7.18. The number of alkyl halides is 1. The summed E-state index contributed by atoms with van der Waals surface area (Å²) in [5.41, 5.74) is 22.3. The summed E-state index contributed by atoms with van der Waals surface area (Å²) in [5, 5.41) is 19.4. The van der Waals surface area contributed by atoms with E-state index in [9.17, 15) is 14.0 Å². The molecule has 0 aliphatic carbocycles. The molecule has 0 saturated heterocycles. The Morgan fingerprint density at radius 1 is 0.736 bits per heavy atom. The number of aromatic carboxylic acids is 1. The van der Waals surface area contributed by atoms with Gasteiger partial charge in [0.2, 0.25) is 0 Å². The minimum atomic E-state index is -1.00. The molecule has 270 valence electrons. The number of carbonyl (C=O) groups excluding carboxylic acids is 1. The van der Waals surface area contributed by atoms with Crippen LogP contribution in [0.1, 0.15) is 33.2 Å². The number of aromatic nitrogens is 6. The average molecular weight is 793 g/mol. The molecular weight excluding hydrogens is 762 g/mol. The van der Waals surface area contributed by atoms with Gasteiger partial charge in [-0.2, -0.15) is 0 Å². The molecule has 0 saturated carbocycles. The molecule has 8 aromatic rings. The lowest BCUT2D eigenvalue weighted by Crippen LogP contribution is -2.13. The van der Waals surface area contributed by atoms with Gasteiger partial charge in [0.05, 0.1) is 40.3 Å². The second kappa shape index (κ2) is 16.7. The van der Waals surface area contributed by atoms with Gasteiger partial charge in [0.1, 0.15) is 40.1 Å². The smallest absolute Gasteiger partial charge is 0.338 e. The molecular formula is C35H29Cl2FN10O3S2. The van der Waals surface area contributed by atoms with Crippen LogP contribution in [-0.2, 0) is 0 Å². The van der Waals surface area contributed by atoms with Gasteiger partial charge in [-0.25, -0.2) is 34.7 Å². The Morgan fingerprint density at radius 3 is 1.79 bits per heavy atom.